The van der Waals surface area contributed by atoms with Gasteiger partial charge in [-0.3, -0.25) is 4.98 Å². The summed E-state index contributed by atoms with van der Waals surface area (Å²) in [6.07, 6.45) is 0.483. The molecule has 19 heavy (non-hydrogen) atoms. The van der Waals surface area contributed by atoms with E-state index in [0.29, 0.717) is 11.9 Å². The fourth-order valence-corrected chi connectivity index (χ4v) is 2.49. The third-order valence-electron chi connectivity index (χ3n) is 3.48. The van der Waals surface area contributed by atoms with Gasteiger partial charge in [-0.2, -0.15) is 0 Å². The highest BCUT2D eigenvalue weighted by molar-refractivity contribution is 5.84. The minimum absolute atomic E-state index is 0.0960. The fraction of sp³-hybridized carbons (Fsp3) is 0.357. The number of ether oxygens (including phenoxy) is 1. The zero-order valence-corrected chi connectivity index (χ0v) is 10.2. The van der Waals surface area contributed by atoms with E-state index in [1.165, 1.54) is 0 Å². The second-order valence-corrected chi connectivity index (χ2v) is 4.76. The molecular weight excluding hydrogens is 246 g/mol. The van der Waals surface area contributed by atoms with E-state index in [9.17, 15) is 10.2 Å². The SMILES string of the molecule is OC[C@H]1O[C@@H](c2cc(O)c3ncccc3c2)C[C@@H]1O. The van der Waals surface area contributed by atoms with Crippen LogP contribution < -0.4 is 0 Å². The highest BCUT2D eigenvalue weighted by atomic mass is 16.5. The topological polar surface area (TPSA) is 82.8 Å². The van der Waals surface area contributed by atoms with E-state index in [4.69, 9.17) is 9.84 Å². The van der Waals surface area contributed by atoms with Gasteiger partial charge < -0.3 is 20.1 Å². The zero-order chi connectivity index (χ0) is 13.4. The van der Waals surface area contributed by atoms with Crippen molar-refractivity contribution in [1.82, 2.24) is 4.98 Å². The molecule has 3 N–H and O–H groups in total. The van der Waals surface area contributed by atoms with Gasteiger partial charge in [-0.05, 0) is 23.8 Å². The number of aromatic nitrogens is 1. The molecule has 0 amide bonds. The molecule has 3 rings (SSSR count). The average Bonchev–Trinajstić information content (AvgIpc) is 2.80. The highest BCUT2D eigenvalue weighted by Gasteiger charge is 2.34. The Hall–Kier alpha value is -1.69. The van der Waals surface area contributed by atoms with Crippen molar-refractivity contribution in [3.63, 3.8) is 0 Å². The van der Waals surface area contributed by atoms with Gasteiger partial charge in [-0.25, -0.2) is 0 Å². The van der Waals surface area contributed by atoms with Gasteiger partial charge in [-0.15, -0.1) is 0 Å². The summed E-state index contributed by atoms with van der Waals surface area (Å²) in [7, 11) is 0. The number of pyridine rings is 1. The second-order valence-electron chi connectivity index (χ2n) is 4.76. The number of aliphatic hydroxyl groups is 2. The minimum atomic E-state index is -0.679. The summed E-state index contributed by atoms with van der Waals surface area (Å²) in [4.78, 5) is 4.11. The number of hydrogen-bond acceptors (Lipinski definition) is 5. The van der Waals surface area contributed by atoms with Crippen molar-refractivity contribution in [1.29, 1.82) is 0 Å². The van der Waals surface area contributed by atoms with E-state index in [0.717, 1.165) is 10.9 Å². The lowest BCUT2D eigenvalue weighted by atomic mass is 10.0. The van der Waals surface area contributed by atoms with Gasteiger partial charge in [0.05, 0.1) is 18.8 Å². The molecule has 1 aliphatic heterocycles. The summed E-state index contributed by atoms with van der Waals surface area (Å²) >= 11 is 0. The van der Waals surface area contributed by atoms with Gasteiger partial charge >= 0.3 is 0 Å². The molecule has 0 spiro atoms. The number of fused-ring (bicyclic) bond motifs is 1. The Labute approximate surface area is 110 Å². The first-order valence-electron chi connectivity index (χ1n) is 6.21. The van der Waals surface area contributed by atoms with Gasteiger partial charge in [0.15, 0.2) is 0 Å². The van der Waals surface area contributed by atoms with E-state index in [2.05, 4.69) is 4.98 Å². The maximum atomic E-state index is 9.97. The smallest absolute Gasteiger partial charge is 0.142 e. The molecule has 3 atom stereocenters. The van der Waals surface area contributed by atoms with Crippen molar-refractivity contribution in [3.05, 3.63) is 36.0 Å². The standard InChI is InChI=1S/C14H15NO4/c16-7-13-10(17)6-12(19-13)9-4-8-2-1-3-15-14(8)11(18)5-9/h1-5,10,12-13,16-18H,6-7H2/t10-,12+,13+/m0/s1. The minimum Gasteiger partial charge on any atom is -0.506 e. The highest BCUT2D eigenvalue weighted by Crippen LogP contribution is 2.36. The predicted octanol–water partition coefficient (Wildman–Crippen LogP) is 1.12. The van der Waals surface area contributed by atoms with E-state index in [1.54, 1.807) is 18.3 Å². The van der Waals surface area contributed by atoms with Crippen molar-refractivity contribution in [2.24, 2.45) is 0 Å². The molecule has 0 unspecified atom stereocenters. The summed E-state index contributed by atoms with van der Waals surface area (Å²) in [6, 6.07) is 7.15. The second kappa shape index (κ2) is 4.77. The molecule has 0 radical (unpaired) electrons. The molecule has 100 valence electrons. The fourth-order valence-electron chi connectivity index (χ4n) is 2.49. The Morgan fingerprint density at radius 2 is 2.21 bits per heavy atom. The molecule has 5 heteroatoms. The van der Waals surface area contributed by atoms with Crippen LogP contribution in [0.4, 0.5) is 0 Å². The van der Waals surface area contributed by atoms with E-state index >= 15 is 0 Å². The van der Waals surface area contributed by atoms with Crippen molar-refractivity contribution in [3.8, 4) is 5.75 Å². The first kappa shape index (κ1) is 12.3. The van der Waals surface area contributed by atoms with E-state index in [-0.39, 0.29) is 18.5 Å². The Bertz CT molecular complexity index is 601. The van der Waals surface area contributed by atoms with Gasteiger partial charge in [0, 0.05) is 18.0 Å². The van der Waals surface area contributed by atoms with Crippen LogP contribution in [0.15, 0.2) is 30.5 Å². The van der Waals surface area contributed by atoms with E-state index < -0.39 is 12.2 Å². The van der Waals surface area contributed by atoms with Gasteiger partial charge in [-0.1, -0.05) is 6.07 Å². The number of nitrogens with zero attached hydrogens (tertiary/aromatic N) is 1. The number of phenolic OH excluding ortho intramolecular Hbond substituents is 1. The Morgan fingerprint density at radius 1 is 1.37 bits per heavy atom. The average molecular weight is 261 g/mol. The molecule has 0 saturated carbocycles. The van der Waals surface area contributed by atoms with Crippen molar-refractivity contribution < 1.29 is 20.1 Å². The summed E-state index contributed by atoms with van der Waals surface area (Å²) in [6.45, 7) is -0.210. The molecule has 0 aliphatic carbocycles. The summed E-state index contributed by atoms with van der Waals surface area (Å²) in [5, 5.41) is 29.6. The summed E-state index contributed by atoms with van der Waals surface area (Å²) in [5.41, 5.74) is 1.33. The maximum Gasteiger partial charge on any atom is 0.142 e. The molecule has 1 fully saturated rings. The van der Waals surface area contributed by atoms with Crippen LogP contribution in [0.2, 0.25) is 0 Å². The van der Waals surface area contributed by atoms with Crippen molar-refractivity contribution in [2.75, 3.05) is 6.61 Å². The Kier molecular flexibility index (Phi) is 3.10. The van der Waals surface area contributed by atoms with Gasteiger partial charge in [0.2, 0.25) is 0 Å². The molecule has 2 aromatic rings. The molecular formula is C14H15NO4. The van der Waals surface area contributed by atoms with Crippen molar-refractivity contribution >= 4 is 10.9 Å². The van der Waals surface area contributed by atoms with E-state index in [1.807, 2.05) is 12.1 Å². The first-order chi connectivity index (χ1) is 9.19. The van der Waals surface area contributed by atoms with Crippen LogP contribution in [0.25, 0.3) is 10.9 Å². The summed E-state index contributed by atoms with van der Waals surface area (Å²) in [5.74, 6) is 0.0960. The Balaban J connectivity index is 1.98. The van der Waals surface area contributed by atoms with Gasteiger partial charge in [0.1, 0.15) is 17.4 Å². The molecule has 0 bridgehead atoms. The number of aliphatic hydroxyl groups excluding tert-OH is 2. The van der Waals surface area contributed by atoms with Crippen LogP contribution in [-0.2, 0) is 4.74 Å². The largest absolute Gasteiger partial charge is 0.506 e. The molecule has 1 aliphatic rings. The number of rotatable bonds is 2. The number of hydrogen-bond donors (Lipinski definition) is 3. The normalized spacial score (nSPS) is 26.9. The molecule has 1 aromatic heterocycles. The lowest BCUT2D eigenvalue weighted by Gasteiger charge is -2.13. The molecule has 5 nitrogen and oxygen atoms in total. The number of phenols is 1. The third-order valence-corrected chi connectivity index (χ3v) is 3.48. The van der Waals surface area contributed by atoms with Crippen LogP contribution >= 0.6 is 0 Å². The molecule has 1 saturated heterocycles. The monoisotopic (exact) mass is 261 g/mol. The molecule has 1 aromatic carbocycles. The van der Waals surface area contributed by atoms with Crippen LogP contribution in [0.5, 0.6) is 5.75 Å². The van der Waals surface area contributed by atoms with Crippen LogP contribution in [0.1, 0.15) is 18.1 Å². The lowest BCUT2D eigenvalue weighted by molar-refractivity contribution is -0.0225. The lowest BCUT2D eigenvalue weighted by Crippen LogP contribution is -2.24. The van der Waals surface area contributed by atoms with Crippen LogP contribution in [-0.4, -0.2) is 39.1 Å². The zero-order valence-electron chi connectivity index (χ0n) is 10.2. The third kappa shape index (κ3) is 2.16. The quantitative estimate of drug-likeness (QED) is 0.754. The predicted molar refractivity (Wildman–Crippen MR) is 68.7 cm³/mol. The van der Waals surface area contributed by atoms with Gasteiger partial charge in [0.25, 0.3) is 0 Å². The first-order valence-corrected chi connectivity index (χ1v) is 6.21. The van der Waals surface area contributed by atoms with Crippen molar-refractivity contribution in [2.45, 2.75) is 24.7 Å². The van der Waals surface area contributed by atoms with Crippen LogP contribution in [0.3, 0.4) is 0 Å². The number of aromatic hydroxyl groups is 1. The summed E-state index contributed by atoms with van der Waals surface area (Å²) < 4.78 is 5.58. The molecule has 2 heterocycles. The maximum absolute atomic E-state index is 9.97. The Morgan fingerprint density at radius 3 is 2.95 bits per heavy atom. The van der Waals surface area contributed by atoms with Crippen LogP contribution in [0, 0.1) is 0 Å². The number of benzene rings is 1.